The van der Waals surface area contributed by atoms with Gasteiger partial charge in [0.15, 0.2) is 0 Å². The van der Waals surface area contributed by atoms with Gasteiger partial charge in [0.1, 0.15) is 5.82 Å². The van der Waals surface area contributed by atoms with Crippen molar-refractivity contribution < 1.29 is 9.50 Å². The Morgan fingerprint density at radius 3 is 2.76 bits per heavy atom. The summed E-state index contributed by atoms with van der Waals surface area (Å²) < 4.78 is 14.4. The van der Waals surface area contributed by atoms with Crippen LogP contribution in [0.3, 0.4) is 0 Å². The summed E-state index contributed by atoms with van der Waals surface area (Å²) in [6.45, 7) is 0. The first-order valence-electron chi connectivity index (χ1n) is 6.07. The van der Waals surface area contributed by atoms with Gasteiger partial charge in [0.05, 0.1) is 17.8 Å². The van der Waals surface area contributed by atoms with Gasteiger partial charge in [-0.25, -0.2) is 4.39 Å². The molecule has 2 rings (SSSR count). The van der Waals surface area contributed by atoms with E-state index >= 15 is 0 Å². The highest BCUT2D eigenvalue weighted by atomic mass is 79.9. The van der Waals surface area contributed by atoms with E-state index in [9.17, 15) is 9.50 Å². The van der Waals surface area contributed by atoms with Crippen molar-refractivity contribution >= 4 is 21.6 Å². The van der Waals surface area contributed by atoms with Gasteiger partial charge in [-0.3, -0.25) is 0 Å². The average Bonchev–Trinajstić information content (AvgIpc) is 2.49. The van der Waals surface area contributed by atoms with Gasteiger partial charge in [-0.2, -0.15) is 0 Å². The molecule has 17 heavy (non-hydrogen) atoms. The second-order valence-corrected chi connectivity index (χ2v) is 5.41. The number of para-hydroxylation sites is 1. The number of anilines is 1. The molecule has 0 bridgehead atoms. The normalized spacial score (nSPS) is 25.4. The molecule has 2 N–H and O–H groups in total. The second-order valence-electron chi connectivity index (χ2n) is 4.55. The van der Waals surface area contributed by atoms with E-state index in [1.165, 1.54) is 6.07 Å². The zero-order valence-electron chi connectivity index (χ0n) is 9.63. The Kier molecular flexibility index (Phi) is 4.40. The van der Waals surface area contributed by atoms with Gasteiger partial charge in [0.2, 0.25) is 0 Å². The molecule has 0 aromatic heterocycles. The van der Waals surface area contributed by atoms with E-state index in [2.05, 4.69) is 21.2 Å². The predicted octanol–water partition coefficient (Wildman–Crippen LogP) is 3.69. The van der Waals surface area contributed by atoms with Gasteiger partial charge in [0, 0.05) is 4.47 Å². The van der Waals surface area contributed by atoms with Gasteiger partial charge in [-0.1, -0.05) is 25.3 Å². The lowest BCUT2D eigenvalue weighted by atomic mass is 10.1. The number of aliphatic hydroxyl groups is 1. The van der Waals surface area contributed by atoms with E-state index < -0.39 is 0 Å². The number of rotatable bonds is 2. The van der Waals surface area contributed by atoms with Crippen molar-refractivity contribution in [2.24, 2.45) is 0 Å². The third-order valence-corrected chi connectivity index (χ3v) is 3.93. The maximum absolute atomic E-state index is 13.7. The second kappa shape index (κ2) is 5.83. The van der Waals surface area contributed by atoms with Crippen LogP contribution in [0.1, 0.15) is 32.1 Å². The molecule has 1 aliphatic rings. The molecule has 0 spiro atoms. The minimum atomic E-state index is -0.385. The van der Waals surface area contributed by atoms with Crippen molar-refractivity contribution in [2.45, 2.75) is 44.2 Å². The minimum Gasteiger partial charge on any atom is -0.391 e. The van der Waals surface area contributed by atoms with Crippen molar-refractivity contribution in [3.8, 4) is 0 Å². The van der Waals surface area contributed by atoms with Crippen LogP contribution in [-0.4, -0.2) is 17.3 Å². The van der Waals surface area contributed by atoms with E-state index in [1.54, 1.807) is 12.1 Å². The number of aliphatic hydroxyl groups excluding tert-OH is 1. The molecule has 2 unspecified atom stereocenters. The third kappa shape index (κ3) is 3.19. The number of nitrogens with one attached hydrogen (secondary N) is 1. The smallest absolute Gasteiger partial charge is 0.147 e. The highest BCUT2D eigenvalue weighted by Crippen LogP contribution is 2.28. The highest BCUT2D eigenvalue weighted by molar-refractivity contribution is 9.10. The molecule has 0 heterocycles. The summed E-state index contributed by atoms with van der Waals surface area (Å²) >= 11 is 3.33. The van der Waals surface area contributed by atoms with Crippen LogP contribution in [0.5, 0.6) is 0 Å². The summed E-state index contributed by atoms with van der Waals surface area (Å²) in [6, 6.07) is 4.84. The lowest BCUT2D eigenvalue weighted by Gasteiger charge is -2.23. The van der Waals surface area contributed by atoms with E-state index in [-0.39, 0.29) is 18.0 Å². The zero-order valence-corrected chi connectivity index (χ0v) is 11.2. The van der Waals surface area contributed by atoms with E-state index in [4.69, 9.17) is 0 Å². The third-order valence-electron chi connectivity index (χ3n) is 3.27. The summed E-state index contributed by atoms with van der Waals surface area (Å²) in [4.78, 5) is 0. The Morgan fingerprint density at radius 2 is 2.00 bits per heavy atom. The van der Waals surface area contributed by atoms with Crippen molar-refractivity contribution in [3.63, 3.8) is 0 Å². The Morgan fingerprint density at radius 1 is 1.24 bits per heavy atom. The lowest BCUT2D eigenvalue weighted by Crippen LogP contribution is -2.32. The number of halogens is 2. The Bertz CT molecular complexity index is 365. The fourth-order valence-electron chi connectivity index (χ4n) is 2.28. The number of benzene rings is 1. The molecule has 1 fully saturated rings. The maximum Gasteiger partial charge on any atom is 0.147 e. The standard InChI is InChI=1S/C13H17BrFNO/c14-9-5-4-6-10(15)13(9)16-11-7-2-1-3-8-12(11)17/h4-6,11-12,16-17H,1-3,7-8H2. The van der Waals surface area contributed by atoms with Crippen molar-refractivity contribution in [3.05, 3.63) is 28.5 Å². The molecule has 4 heteroatoms. The zero-order chi connectivity index (χ0) is 12.3. The van der Waals surface area contributed by atoms with Crippen LogP contribution in [0.4, 0.5) is 10.1 Å². The molecule has 0 aliphatic heterocycles. The van der Waals surface area contributed by atoms with Crippen molar-refractivity contribution in [1.82, 2.24) is 0 Å². The van der Waals surface area contributed by atoms with Gasteiger partial charge in [0.25, 0.3) is 0 Å². The molecule has 0 saturated heterocycles. The first-order chi connectivity index (χ1) is 8.18. The molecular formula is C13H17BrFNO. The molecular weight excluding hydrogens is 285 g/mol. The highest BCUT2D eigenvalue weighted by Gasteiger charge is 2.22. The van der Waals surface area contributed by atoms with Crippen LogP contribution in [0.15, 0.2) is 22.7 Å². The number of hydrogen-bond donors (Lipinski definition) is 2. The topological polar surface area (TPSA) is 32.3 Å². The quantitative estimate of drug-likeness (QED) is 0.817. The van der Waals surface area contributed by atoms with E-state index in [0.717, 1.165) is 32.1 Å². The van der Waals surface area contributed by atoms with Crippen LogP contribution >= 0.6 is 15.9 Å². The fraction of sp³-hybridized carbons (Fsp3) is 0.538. The van der Waals surface area contributed by atoms with Crippen LogP contribution in [0.25, 0.3) is 0 Å². The van der Waals surface area contributed by atoms with Crippen molar-refractivity contribution in [2.75, 3.05) is 5.32 Å². The summed E-state index contributed by atoms with van der Waals surface area (Å²) in [5.41, 5.74) is 0.457. The molecule has 1 saturated carbocycles. The monoisotopic (exact) mass is 301 g/mol. The summed E-state index contributed by atoms with van der Waals surface area (Å²) in [6.07, 6.45) is 4.59. The van der Waals surface area contributed by atoms with Gasteiger partial charge < -0.3 is 10.4 Å². The van der Waals surface area contributed by atoms with E-state index in [1.807, 2.05) is 0 Å². The predicted molar refractivity (Wildman–Crippen MR) is 70.6 cm³/mol. The first-order valence-corrected chi connectivity index (χ1v) is 6.86. The number of hydrogen-bond acceptors (Lipinski definition) is 2. The molecule has 2 atom stereocenters. The molecule has 1 aromatic rings. The van der Waals surface area contributed by atoms with Gasteiger partial charge >= 0.3 is 0 Å². The minimum absolute atomic E-state index is 0.0503. The molecule has 0 amide bonds. The van der Waals surface area contributed by atoms with Crippen LogP contribution in [0.2, 0.25) is 0 Å². The van der Waals surface area contributed by atoms with Crippen molar-refractivity contribution in [1.29, 1.82) is 0 Å². The van der Waals surface area contributed by atoms with Crippen LogP contribution in [0, 0.1) is 5.82 Å². The molecule has 2 nitrogen and oxygen atoms in total. The lowest BCUT2D eigenvalue weighted by molar-refractivity contribution is 0.144. The fourth-order valence-corrected chi connectivity index (χ4v) is 2.73. The SMILES string of the molecule is OC1CCCCCC1Nc1c(F)cccc1Br. The Labute approximate surface area is 109 Å². The first kappa shape index (κ1) is 12.8. The molecule has 0 radical (unpaired) electrons. The molecule has 1 aliphatic carbocycles. The summed E-state index contributed by atoms with van der Waals surface area (Å²) in [5.74, 6) is -0.282. The van der Waals surface area contributed by atoms with E-state index in [0.29, 0.717) is 10.2 Å². The van der Waals surface area contributed by atoms with Gasteiger partial charge in [-0.15, -0.1) is 0 Å². The largest absolute Gasteiger partial charge is 0.391 e. The Hall–Kier alpha value is -0.610. The summed E-state index contributed by atoms with van der Waals surface area (Å²) in [7, 11) is 0. The summed E-state index contributed by atoms with van der Waals surface area (Å²) in [5, 5.41) is 13.1. The van der Waals surface area contributed by atoms with Gasteiger partial charge in [-0.05, 0) is 40.9 Å². The van der Waals surface area contributed by atoms with Crippen LogP contribution < -0.4 is 5.32 Å². The maximum atomic E-state index is 13.7. The average molecular weight is 302 g/mol. The van der Waals surface area contributed by atoms with Crippen LogP contribution in [-0.2, 0) is 0 Å². The molecule has 94 valence electrons. The molecule has 1 aromatic carbocycles. The Balaban J connectivity index is 2.13.